The highest BCUT2D eigenvalue weighted by molar-refractivity contribution is 7.14. The first-order chi connectivity index (χ1) is 12.7. The zero-order valence-electron chi connectivity index (χ0n) is 14.6. The number of nitrogens with one attached hydrogen (secondary N) is 1. The van der Waals surface area contributed by atoms with Crippen LogP contribution in [0.15, 0.2) is 40.3 Å². The fraction of sp³-hybridized carbons (Fsp3) is 0.368. The van der Waals surface area contributed by atoms with Crippen molar-refractivity contribution in [3.63, 3.8) is 0 Å². The van der Waals surface area contributed by atoms with Crippen LogP contribution >= 0.6 is 22.7 Å². The Labute approximate surface area is 160 Å². The van der Waals surface area contributed by atoms with Crippen LogP contribution in [0.1, 0.15) is 49.9 Å². The first kappa shape index (κ1) is 17.5. The number of nitrogens with zero attached hydrogens (tertiary/aromatic N) is 2. The monoisotopic (exact) mass is 387 g/mol. The smallest absolute Gasteiger partial charge is 0.261 e. The van der Waals surface area contributed by atoms with E-state index in [0.29, 0.717) is 12.6 Å². The summed E-state index contributed by atoms with van der Waals surface area (Å²) in [6.07, 6.45) is 4.02. The second kappa shape index (κ2) is 7.73. The Hall–Kier alpha value is -1.96. The Morgan fingerprint density at radius 2 is 2.35 bits per heavy atom. The average molecular weight is 388 g/mol. The Morgan fingerprint density at radius 3 is 3.12 bits per heavy atom. The molecule has 26 heavy (non-hydrogen) atoms. The van der Waals surface area contributed by atoms with Crippen LogP contribution in [0, 0.1) is 6.92 Å². The maximum Gasteiger partial charge on any atom is 0.261 e. The molecule has 1 aliphatic rings. The molecule has 1 atom stereocenters. The number of furan rings is 1. The van der Waals surface area contributed by atoms with E-state index in [4.69, 9.17) is 4.42 Å². The van der Waals surface area contributed by atoms with Crippen molar-refractivity contribution in [2.24, 2.45) is 0 Å². The van der Waals surface area contributed by atoms with Crippen LogP contribution in [0.25, 0.3) is 0 Å². The van der Waals surface area contributed by atoms with Crippen LogP contribution in [0.2, 0.25) is 0 Å². The number of rotatable bonds is 6. The highest BCUT2D eigenvalue weighted by Crippen LogP contribution is 2.36. The molecule has 1 amide bonds. The molecule has 1 unspecified atom stereocenters. The molecule has 0 aliphatic carbocycles. The van der Waals surface area contributed by atoms with Crippen molar-refractivity contribution >= 4 is 28.6 Å². The lowest BCUT2D eigenvalue weighted by molar-refractivity contribution is 0.0955. The van der Waals surface area contributed by atoms with E-state index in [9.17, 15) is 4.79 Å². The van der Waals surface area contributed by atoms with Gasteiger partial charge in [-0.3, -0.25) is 9.69 Å². The zero-order valence-corrected chi connectivity index (χ0v) is 16.2. The van der Waals surface area contributed by atoms with E-state index in [0.717, 1.165) is 40.8 Å². The van der Waals surface area contributed by atoms with Gasteiger partial charge in [-0.05, 0) is 50.6 Å². The van der Waals surface area contributed by atoms with Crippen LogP contribution in [0.3, 0.4) is 0 Å². The molecule has 1 N–H and O–H groups in total. The van der Waals surface area contributed by atoms with E-state index in [2.05, 4.69) is 21.3 Å². The van der Waals surface area contributed by atoms with E-state index < -0.39 is 0 Å². The molecule has 3 aromatic rings. The van der Waals surface area contributed by atoms with Crippen molar-refractivity contribution in [1.29, 1.82) is 0 Å². The SMILES string of the molecule is Cc1csc(CNC(=O)c2ccc(C3CCCN3Cc3ccco3)s2)n1. The molecule has 3 aromatic heterocycles. The topological polar surface area (TPSA) is 58.4 Å². The second-order valence-corrected chi connectivity index (χ2v) is 8.53. The highest BCUT2D eigenvalue weighted by atomic mass is 32.1. The van der Waals surface area contributed by atoms with Gasteiger partial charge in [0.1, 0.15) is 10.8 Å². The summed E-state index contributed by atoms with van der Waals surface area (Å²) in [5.74, 6) is 0.967. The van der Waals surface area contributed by atoms with Crippen LogP contribution in [-0.2, 0) is 13.1 Å². The number of aromatic nitrogens is 1. The third kappa shape index (κ3) is 3.90. The van der Waals surface area contributed by atoms with Crippen LogP contribution in [0.4, 0.5) is 0 Å². The van der Waals surface area contributed by atoms with Gasteiger partial charge in [0.2, 0.25) is 0 Å². The molecule has 5 nitrogen and oxygen atoms in total. The third-order valence-electron chi connectivity index (χ3n) is 4.55. The number of carbonyl (C=O) groups excluding carboxylic acids is 1. The molecule has 0 bridgehead atoms. The minimum absolute atomic E-state index is 0.0234. The second-order valence-electron chi connectivity index (χ2n) is 6.48. The number of thiophene rings is 1. The molecule has 4 heterocycles. The van der Waals surface area contributed by atoms with Gasteiger partial charge < -0.3 is 9.73 Å². The number of hydrogen-bond donors (Lipinski definition) is 1. The number of amides is 1. The minimum atomic E-state index is -0.0234. The zero-order chi connectivity index (χ0) is 17.9. The van der Waals surface area contributed by atoms with Crippen molar-refractivity contribution < 1.29 is 9.21 Å². The van der Waals surface area contributed by atoms with Crippen molar-refractivity contribution in [2.75, 3.05) is 6.54 Å². The Balaban J connectivity index is 1.39. The Kier molecular flexibility index (Phi) is 5.19. The van der Waals surface area contributed by atoms with Crippen LogP contribution in [0.5, 0.6) is 0 Å². The molecule has 0 saturated carbocycles. The molecule has 7 heteroatoms. The quantitative estimate of drug-likeness (QED) is 0.682. The number of thiazole rings is 1. The normalized spacial score (nSPS) is 17.7. The van der Waals surface area contributed by atoms with Gasteiger partial charge in [0, 0.05) is 22.0 Å². The number of carbonyl (C=O) groups is 1. The van der Waals surface area contributed by atoms with Crippen molar-refractivity contribution in [1.82, 2.24) is 15.2 Å². The molecular weight excluding hydrogens is 366 g/mol. The van der Waals surface area contributed by atoms with Crippen LogP contribution < -0.4 is 5.32 Å². The predicted octanol–water partition coefficient (Wildman–Crippen LogP) is 4.37. The van der Waals surface area contributed by atoms with E-state index >= 15 is 0 Å². The van der Waals surface area contributed by atoms with Gasteiger partial charge in [-0.25, -0.2) is 4.98 Å². The van der Waals surface area contributed by atoms with Gasteiger partial charge in [0.15, 0.2) is 0 Å². The highest BCUT2D eigenvalue weighted by Gasteiger charge is 2.28. The summed E-state index contributed by atoms with van der Waals surface area (Å²) in [4.78, 5) is 21.3. The third-order valence-corrected chi connectivity index (χ3v) is 6.70. The van der Waals surface area contributed by atoms with Crippen molar-refractivity contribution in [3.05, 3.63) is 62.1 Å². The average Bonchev–Trinajstić information content (AvgIpc) is 3.41. The molecule has 4 rings (SSSR count). The first-order valence-corrected chi connectivity index (χ1v) is 10.4. The first-order valence-electron chi connectivity index (χ1n) is 8.74. The minimum Gasteiger partial charge on any atom is -0.468 e. The molecule has 0 spiro atoms. The lowest BCUT2D eigenvalue weighted by Gasteiger charge is -2.22. The van der Waals surface area contributed by atoms with Gasteiger partial charge >= 0.3 is 0 Å². The Bertz CT molecular complexity index is 869. The lowest BCUT2D eigenvalue weighted by atomic mass is 10.2. The van der Waals surface area contributed by atoms with Crippen molar-refractivity contribution in [2.45, 2.75) is 38.9 Å². The largest absolute Gasteiger partial charge is 0.468 e. The molecule has 1 saturated heterocycles. The van der Waals surface area contributed by atoms with E-state index in [1.807, 2.05) is 30.5 Å². The molecule has 0 aromatic carbocycles. The maximum atomic E-state index is 12.4. The number of likely N-dealkylation sites (tertiary alicyclic amines) is 1. The summed E-state index contributed by atoms with van der Waals surface area (Å²) < 4.78 is 5.49. The molecule has 1 aliphatic heterocycles. The van der Waals surface area contributed by atoms with E-state index in [1.54, 1.807) is 28.9 Å². The summed E-state index contributed by atoms with van der Waals surface area (Å²) in [6, 6.07) is 8.35. The van der Waals surface area contributed by atoms with Crippen molar-refractivity contribution in [3.8, 4) is 0 Å². The van der Waals surface area contributed by atoms with Gasteiger partial charge in [0.25, 0.3) is 5.91 Å². The summed E-state index contributed by atoms with van der Waals surface area (Å²) in [6.45, 7) is 4.33. The van der Waals surface area contributed by atoms with Crippen LogP contribution in [-0.4, -0.2) is 22.3 Å². The fourth-order valence-corrected chi connectivity index (χ4v) is 5.13. The number of hydrogen-bond acceptors (Lipinski definition) is 6. The lowest BCUT2D eigenvalue weighted by Crippen LogP contribution is -2.22. The van der Waals surface area contributed by atoms with E-state index in [1.165, 1.54) is 11.3 Å². The van der Waals surface area contributed by atoms with Gasteiger partial charge in [-0.15, -0.1) is 22.7 Å². The summed E-state index contributed by atoms with van der Waals surface area (Å²) in [7, 11) is 0. The standard InChI is InChI=1S/C19H21N3O2S2/c1-13-12-25-18(21-13)10-20-19(23)17-7-6-16(26-17)15-5-2-8-22(15)11-14-4-3-9-24-14/h3-4,6-7,9,12,15H,2,5,8,10-11H2,1H3,(H,20,23). The molecule has 1 fully saturated rings. The molecular formula is C19H21N3O2S2. The van der Waals surface area contributed by atoms with Gasteiger partial charge in [-0.2, -0.15) is 0 Å². The molecule has 136 valence electrons. The van der Waals surface area contributed by atoms with Gasteiger partial charge in [-0.1, -0.05) is 0 Å². The maximum absolute atomic E-state index is 12.4. The summed E-state index contributed by atoms with van der Waals surface area (Å²) in [5, 5.41) is 5.91. The molecule has 0 radical (unpaired) electrons. The summed E-state index contributed by atoms with van der Waals surface area (Å²) >= 11 is 3.17. The number of aryl methyl sites for hydroxylation is 1. The Morgan fingerprint density at radius 1 is 1.42 bits per heavy atom. The fourth-order valence-electron chi connectivity index (χ4n) is 3.32. The van der Waals surface area contributed by atoms with E-state index in [-0.39, 0.29) is 5.91 Å². The van der Waals surface area contributed by atoms with Gasteiger partial charge in [0.05, 0.1) is 24.2 Å². The summed E-state index contributed by atoms with van der Waals surface area (Å²) in [5.41, 5.74) is 0.996. The predicted molar refractivity (Wildman–Crippen MR) is 103 cm³/mol.